The molecule has 0 heterocycles. The van der Waals surface area contributed by atoms with Crippen LogP contribution in [0.4, 0.5) is 5.69 Å². The molecule has 0 bridgehead atoms. The van der Waals surface area contributed by atoms with Crippen LogP contribution in [0.3, 0.4) is 0 Å². The van der Waals surface area contributed by atoms with Crippen molar-refractivity contribution in [2.45, 2.75) is 6.92 Å². The minimum atomic E-state index is 1.24. The van der Waals surface area contributed by atoms with Crippen LogP contribution in [0.15, 0.2) is 24.3 Å². The number of para-hydroxylation sites is 1. The molecule has 0 aliphatic carbocycles. The summed E-state index contributed by atoms with van der Waals surface area (Å²) in [4.78, 5) is 0. The van der Waals surface area contributed by atoms with E-state index in [0.717, 1.165) is 0 Å². The second-order valence-corrected chi connectivity index (χ2v) is 3.09. The second kappa shape index (κ2) is 3.76. The van der Waals surface area contributed by atoms with Crippen LogP contribution in [0.2, 0.25) is 0 Å². The Morgan fingerprint density at radius 1 is 1.36 bits per heavy atom. The Hall–Kier alpha value is -0.512. The number of aryl methyl sites for hydroxylation is 1. The van der Waals surface area contributed by atoms with E-state index >= 15 is 0 Å². The van der Waals surface area contributed by atoms with Gasteiger partial charge in [0.15, 0.2) is 0 Å². The summed E-state index contributed by atoms with van der Waals surface area (Å²) in [7, 11) is 2.02. The van der Waals surface area contributed by atoms with E-state index in [1.54, 1.807) is 0 Å². The van der Waals surface area contributed by atoms with E-state index in [4.69, 9.17) is 0 Å². The van der Waals surface area contributed by atoms with Crippen LogP contribution < -0.4 is 0 Å². The molecule has 0 unspecified atom stereocenters. The molecule has 0 aliphatic rings. The predicted octanol–water partition coefficient (Wildman–Crippen LogP) is 1.72. The Morgan fingerprint density at radius 2 is 2.00 bits per heavy atom. The van der Waals surface area contributed by atoms with Crippen LogP contribution in [0, 0.1) is 6.92 Å². The van der Waals surface area contributed by atoms with Crippen LogP contribution in [0.5, 0.6) is 0 Å². The molecule has 0 amide bonds. The van der Waals surface area contributed by atoms with Crippen LogP contribution in [-0.2, 0) is 19.4 Å². The van der Waals surface area contributed by atoms with Crippen molar-refractivity contribution in [1.29, 1.82) is 0 Å². The Morgan fingerprint density at radius 3 is 2.55 bits per heavy atom. The monoisotopic (exact) mass is 316 g/mol. The Balaban J connectivity index is 3.24. The summed E-state index contributed by atoms with van der Waals surface area (Å²) in [5.74, 6) is 0. The Bertz CT molecular complexity index is 311. The van der Waals surface area contributed by atoms with Crippen molar-refractivity contribution in [2.24, 2.45) is 0 Å². The molecule has 0 radical (unpaired) electrons. The van der Waals surface area contributed by atoms with Gasteiger partial charge in [0.25, 0.3) is 0 Å². The quantitative estimate of drug-likeness (QED) is 0.548. The van der Waals surface area contributed by atoms with Crippen LogP contribution >= 0.6 is 0 Å². The molecule has 1 aromatic carbocycles. The van der Waals surface area contributed by atoms with Gasteiger partial charge in [0.05, 0.1) is 0 Å². The van der Waals surface area contributed by atoms with Crippen molar-refractivity contribution >= 4 is 9.88 Å². The van der Waals surface area contributed by atoms with Gasteiger partial charge in [0.1, 0.15) is 0 Å². The van der Waals surface area contributed by atoms with E-state index in [0.29, 0.717) is 0 Å². The van der Waals surface area contributed by atoms with E-state index in [1.165, 1.54) is 30.6 Å². The van der Waals surface area contributed by atoms with Crippen LogP contribution in [0.1, 0.15) is 5.56 Å². The van der Waals surface area contributed by atoms with Gasteiger partial charge in [-0.3, -0.25) is 0 Å². The summed E-state index contributed by atoms with van der Waals surface area (Å²) >= 11 is 1.35. The maximum absolute atomic E-state index is 3.14. The zero-order valence-corrected chi connectivity index (χ0v) is 9.60. The van der Waals surface area contributed by atoms with Gasteiger partial charge in [-0.05, 0) is 0 Å². The van der Waals surface area contributed by atoms with Crippen molar-refractivity contribution in [3.8, 4) is 0 Å². The maximum atomic E-state index is 3.14. The number of benzene rings is 1. The number of rotatable bonds is 1. The Labute approximate surface area is 77.8 Å². The second-order valence-electron chi connectivity index (χ2n) is 2.44. The van der Waals surface area contributed by atoms with Gasteiger partial charge in [-0.15, -0.1) is 0 Å². The molecule has 0 aromatic heterocycles. The first-order chi connectivity index (χ1) is 5.25. The molecule has 1 rings (SSSR count). The van der Waals surface area contributed by atoms with Crippen molar-refractivity contribution < 1.29 is 23.9 Å². The summed E-state index contributed by atoms with van der Waals surface area (Å²) < 4.78 is 5.17. The molecule has 0 fully saturated rings. The number of hydrogen-bond acceptors (Lipinski definition) is 0. The van der Waals surface area contributed by atoms with Crippen molar-refractivity contribution in [3.05, 3.63) is 29.8 Å². The molecular formula is C9H10NW+. The van der Waals surface area contributed by atoms with Gasteiger partial charge in [-0.2, -0.15) is 0 Å². The number of nitrogens with zero attached hydrogens (tertiary/aromatic N) is 1. The topological polar surface area (TPSA) is 3.01 Å². The first-order valence-electron chi connectivity index (χ1n) is 3.43. The SMILES string of the molecule is Cc1ccccc1[N+](C)=[C]=[W]. The third-order valence-electron chi connectivity index (χ3n) is 1.61. The summed E-state index contributed by atoms with van der Waals surface area (Å²) in [5, 5.41) is 0. The van der Waals surface area contributed by atoms with Crippen molar-refractivity contribution in [1.82, 2.24) is 0 Å². The average molecular weight is 316 g/mol. The molecule has 0 N–H and O–H groups in total. The third kappa shape index (κ3) is 1.96. The minimum absolute atomic E-state index is 1.24. The zero-order valence-electron chi connectivity index (χ0n) is 6.66. The summed E-state index contributed by atoms with van der Waals surface area (Å²) in [6.07, 6.45) is 0. The van der Waals surface area contributed by atoms with Crippen molar-refractivity contribution in [3.63, 3.8) is 0 Å². The summed E-state index contributed by atoms with van der Waals surface area (Å²) in [5.41, 5.74) is 2.53. The summed E-state index contributed by atoms with van der Waals surface area (Å²) in [6.45, 7) is 2.11. The Kier molecular flexibility index (Phi) is 2.93. The number of hydrogen-bond donors (Lipinski definition) is 0. The summed E-state index contributed by atoms with van der Waals surface area (Å²) in [6, 6.07) is 8.31. The molecule has 2 heteroatoms. The molecule has 0 spiro atoms. The first-order valence-corrected chi connectivity index (χ1v) is 4.89. The van der Waals surface area contributed by atoms with Crippen LogP contribution in [0.25, 0.3) is 0 Å². The zero-order chi connectivity index (χ0) is 8.27. The average Bonchev–Trinajstić information content (AvgIpc) is 2.04. The fraction of sp³-hybridized carbons (Fsp3) is 0.222. The molecule has 56 valence electrons. The van der Waals surface area contributed by atoms with Gasteiger partial charge >= 0.3 is 77.6 Å². The van der Waals surface area contributed by atoms with Gasteiger partial charge in [0, 0.05) is 0 Å². The van der Waals surface area contributed by atoms with Gasteiger partial charge < -0.3 is 0 Å². The standard InChI is InChI=1S/C9H10N.W/c1-8-6-4-5-7-9(8)10(2)3;/h4-7H,1-2H3;/q+1;. The third-order valence-corrected chi connectivity index (χ3v) is 2.60. The van der Waals surface area contributed by atoms with E-state index < -0.39 is 0 Å². The normalized spacial score (nSPS) is 8.91. The predicted molar refractivity (Wildman–Crippen MR) is 42.0 cm³/mol. The first kappa shape index (κ1) is 8.58. The fourth-order valence-corrected chi connectivity index (χ4v) is 1.34. The van der Waals surface area contributed by atoms with Gasteiger partial charge in [-0.25, -0.2) is 0 Å². The molecule has 1 aromatic rings. The molecular weight excluding hydrogens is 306 g/mol. The fourth-order valence-electron chi connectivity index (χ4n) is 0.989. The van der Waals surface area contributed by atoms with E-state index in [-0.39, 0.29) is 0 Å². The molecule has 0 atom stereocenters. The van der Waals surface area contributed by atoms with Gasteiger partial charge in [-0.1, -0.05) is 0 Å². The van der Waals surface area contributed by atoms with Gasteiger partial charge in [0.2, 0.25) is 0 Å². The van der Waals surface area contributed by atoms with E-state index in [1.807, 2.05) is 17.7 Å². The molecule has 0 aliphatic heterocycles. The van der Waals surface area contributed by atoms with E-state index in [9.17, 15) is 0 Å². The van der Waals surface area contributed by atoms with E-state index in [2.05, 4.69) is 29.3 Å². The van der Waals surface area contributed by atoms with Crippen molar-refractivity contribution in [2.75, 3.05) is 7.05 Å². The molecule has 0 saturated carbocycles. The molecule has 1 nitrogen and oxygen atoms in total. The molecule has 0 saturated heterocycles. The van der Waals surface area contributed by atoms with Crippen LogP contribution in [-0.4, -0.2) is 15.8 Å². The molecule has 11 heavy (non-hydrogen) atoms.